The van der Waals surface area contributed by atoms with E-state index < -0.39 is 30.0 Å². The van der Waals surface area contributed by atoms with Crippen LogP contribution in [0, 0.1) is 11.6 Å². The van der Waals surface area contributed by atoms with Crippen LogP contribution in [0.5, 0.6) is 0 Å². The minimum atomic E-state index is -0.732. The number of benzene rings is 1. The van der Waals surface area contributed by atoms with Crippen LogP contribution in [-0.2, 0) is 9.31 Å². The summed E-state index contributed by atoms with van der Waals surface area (Å²) in [5, 5.41) is 0. The van der Waals surface area contributed by atoms with Crippen molar-refractivity contribution in [2.75, 3.05) is 0 Å². The second-order valence-electron chi connectivity index (χ2n) is 5.74. The van der Waals surface area contributed by atoms with Crippen LogP contribution < -0.4 is 0 Å². The van der Waals surface area contributed by atoms with Gasteiger partial charge in [-0.25, -0.2) is 8.78 Å². The standard InChI is InChI=1S/C14H17BF2O2/c1-9(11-7-6-10(16)8-12(11)17)15-18-13(2,3)14(4,5)19-15/h6-8H,1H2,2-5H3. The topological polar surface area (TPSA) is 18.5 Å². The zero-order chi connectivity index (χ0) is 14.4. The van der Waals surface area contributed by atoms with E-state index in [9.17, 15) is 8.78 Å². The fourth-order valence-corrected chi connectivity index (χ4v) is 1.86. The predicted molar refractivity (Wildman–Crippen MR) is 71.5 cm³/mol. The normalized spacial score (nSPS) is 20.6. The lowest BCUT2D eigenvalue weighted by Crippen LogP contribution is -2.41. The smallest absolute Gasteiger partial charge is 0.399 e. The summed E-state index contributed by atoms with van der Waals surface area (Å²) >= 11 is 0. The van der Waals surface area contributed by atoms with Gasteiger partial charge in [-0.15, -0.1) is 0 Å². The van der Waals surface area contributed by atoms with Gasteiger partial charge in [0.1, 0.15) is 11.6 Å². The lowest BCUT2D eigenvalue weighted by molar-refractivity contribution is 0.00578. The minimum Gasteiger partial charge on any atom is -0.399 e. The van der Waals surface area contributed by atoms with Crippen molar-refractivity contribution < 1.29 is 18.1 Å². The molecule has 0 bridgehead atoms. The molecule has 0 unspecified atom stereocenters. The van der Waals surface area contributed by atoms with Crippen molar-refractivity contribution in [3.8, 4) is 0 Å². The van der Waals surface area contributed by atoms with Crippen molar-refractivity contribution in [2.24, 2.45) is 0 Å². The van der Waals surface area contributed by atoms with Gasteiger partial charge in [0.2, 0.25) is 0 Å². The highest BCUT2D eigenvalue weighted by Gasteiger charge is 2.52. The van der Waals surface area contributed by atoms with E-state index in [1.165, 1.54) is 12.1 Å². The lowest BCUT2D eigenvalue weighted by atomic mass is 9.75. The summed E-state index contributed by atoms with van der Waals surface area (Å²) in [6, 6.07) is 3.36. The van der Waals surface area contributed by atoms with E-state index in [-0.39, 0.29) is 5.56 Å². The summed E-state index contributed by atoms with van der Waals surface area (Å²) in [5.74, 6) is -1.29. The van der Waals surface area contributed by atoms with Crippen LogP contribution in [0.4, 0.5) is 8.78 Å². The Bertz CT molecular complexity index is 510. The van der Waals surface area contributed by atoms with Gasteiger partial charge in [0, 0.05) is 11.6 Å². The number of halogens is 2. The Morgan fingerprint density at radius 3 is 2.11 bits per heavy atom. The van der Waals surface area contributed by atoms with E-state index in [1.54, 1.807) is 0 Å². The number of hydrogen-bond acceptors (Lipinski definition) is 2. The Morgan fingerprint density at radius 1 is 1.11 bits per heavy atom. The fourth-order valence-electron chi connectivity index (χ4n) is 1.86. The molecule has 5 heteroatoms. The van der Waals surface area contributed by atoms with Gasteiger partial charge in [-0.1, -0.05) is 6.58 Å². The van der Waals surface area contributed by atoms with E-state index in [0.29, 0.717) is 5.47 Å². The summed E-state index contributed by atoms with van der Waals surface area (Å²) in [6.07, 6.45) is 0. The number of rotatable bonds is 2. The van der Waals surface area contributed by atoms with Crippen molar-refractivity contribution in [3.05, 3.63) is 42.0 Å². The van der Waals surface area contributed by atoms with Gasteiger partial charge < -0.3 is 9.31 Å². The molecule has 0 amide bonds. The van der Waals surface area contributed by atoms with Crippen LogP contribution in [0.2, 0.25) is 0 Å². The molecule has 0 spiro atoms. The van der Waals surface area contributed by atoms with E-state index in [1.807, 2.05) is 27.7 Å². The van der Waals surface area contributed by atoms with Crippen LogP contribution in [0.25, 0.3) is 5.47 Å². The quantitative estimate of drug-likeness (QED) is 0.761. The maximum atomic E-state index is 13.7. The van der Waals surface area contributed by atoms with Gasteiger partial charge in [0.25, 0.3) is 0 Å². The van der Waals surface area contributed by atoms with Crippen LogP contribution >= 0.6 is 0 Å². The maximum Gasteiger partial charge on any atom is 0.494 e. The van der Waals surface area contributed by atoms with Crippen molar-refractivity contribution in [3.63, 3.8) is 0 Å². The van der Waals surface area contributed by atoms with Gasteiger partial charge in [-0.05, 0) is 45.3 Å². The molecule has 0 aliphatic carbocycles. The molecule has 1 aliphatic heterocycles. The highest BCUT2D eigenvalue weighted by molar-refractivity contribution is 6.68. The van der Waals surface area contributed by atoms with E-state index in [0.717, 1.165) is 6.07 Å². The third-order valence-electron chi connectivity index (χ3n) is 3.81. The molecule has 2 rings (SSSR count). The fraction of sp³-hybridized carbons (Fsp3) is 0.429. The maximum absolute atomic E-state index is 13.7. The Balaban J connectivity index is 2.27. The molecule has 1 fully saturated rings. The van der Waals surface area contributed by atoms with E-state index >= 15 is 0 Å². The molecule has 0 radical (unpaired) electrons. The van der Waals surface area contributed by atoms with Crippen molar-refractivity contribution in [2.45, 2.75) is 38.9 Å². The zero-order valence-corrected chi connectivity index (χ0v) is 11.6. The highest BCUT2D eigenvalue weighted by atomic mass is 19.1. The van der Waals surface area contributed by atoms with Crippen molar-refractivity contribution in [1.82, 2.24) is 0 Å². The summed E-state index contributed by atoms with van der Waals surface area (Å²) in [5.41, 5.74) is -0.468. The molecule has 0 N–H and O–H groups in total. The number of hydrogen-bond donors (Lipinski definition) is 0. The largest absolute Gasteiger partial charge is 0.494 e. The first-order valence-corrected chi connectivity index (χ1v) is 6.14. The molecule has 0 aromatic heterocycles. The molecule has 2 nitrogen and oxygen atoms in total. The molecule has 19 heavy (non-hydrogen) atoms. The average molecular weight is 266 g/mol. The lowest BCUT2D eigenvalue weighted by Gasteiger charge is -2.32. The molecule has 1 heterocycles. The van der Waals surface area contributed by atoms with Crippen LogP contribution in [-0.4, -0.2) is 18.3 Å². The Hall–Kier alpha value is -1.20. The molecule has 1 aromatic rings. The summed E-state index contributed by atoms with van der Waals surface area (Å²) < 4.78 is 38.2. The molecule has 102 valence electrons. The van der Waals surface area contributed by atoms with Gasteiger partial charge in [-0.3, -0.25) is 0 Å². The Kier molecular flexibility index (Phi) is 3.31. The summed E-state index contributed by atoms with van der Waals surface area (Å²) in [7, 11) is -0.732. The summed E-state index contributed by atoms with van der Waals surface area (Å²) in [6.45, 7) is 11.4. The van der Waals surface area contributed by atoms with Crippen LogP contribution in [0.1, 0.15) is 33.3 Å². The second kappa shape index (κ2) is 4.42. The zero-order valence-electron chi connectivity index (χ0n) is 11.6. The van der Waals surface area contributed by atoms with Crippen LogP contribution in [0.3, 0.4) is 0 Å². The summed E-state index contributed by atoms with van der Waals surface area (Å²) in [4.78, 5) is 0. The first-order chi connectivity index (χ1) is 8.64. The Labute approximate surface area is 112 Å². The van der Waals surface area contributed by atoms with E-state index in [4.69, 9.17) is 9.31 Å². The van der Waals surface area contributed by atoms with Crippen molar-refractivity contribution >= 4 is 12.6 Å². The first kappa shape index (κ1) is 14.2. The molecule has 1 aliphatic rings. The van der Waals surface area contributed by atoms with Gasteiger partial charge in [-0.2, -0.15) is 0 Å². The molecule has 1 saturated heterocycles. The third-order valence-corrected chi connectivity index (χ3v) is 3.81. The van der Waals surface area contributed by atoms with Gasteiger partial charge in [0.15, 0.2) is 0 Å². The average Bonchev–Trinajstić information content (AvgIpc) is 2.47. The second-order valence-corrected chi connectivity index (χ2v) is 5.74. The van der Waals surface area contributed by atoms with E-state index in [2.05, 4.69) is 6.58 Å². The molecule has 0 saturated carbocycles. The SMILES string of the molecule is C=C(B1OC(C)(C)C(C)(C)O1)c1ccc(F)cc1F. The monoisotopic (exact) mass is 266 g/mol. The van der Waals surface area contributed by atoms with Gasteiger partial charge >= 0.3 is 7.12 Å². The minimum absolute atomic E-state index is 0.208. The third kappa shape index (κ3) is 2.45. The Morgan fingerprint density at radius 2 is 1.63 bits per heavy atom. The molecule has 0 atom stereocenters. The molecular weight excluding hydrogens is 249 g/mol. The van der Waals surface area contributed by atoms with Gasteiger partial charge in [0.05, 0.1) is 11.2 Å². The van der Waals surface area contributed by atoms with Crippen molar-refractivity contribution in [1.29, 1.82) is 0 Å². The van der Waals surface area contributed by atoms with Crippen LogP contribution in [0.15, 0.2) is 24.8 Å². The molecular formula is C14H17BF2O2. The highest BCUT2D eigenvalue weighted by Crippen LogP contribution is 2.40. The first-order valence-electron chi connectivity index (χ1n) is 6.14. The molecule has 1 aromatic carbocycles. The predicted octanol–water partition coefficient (Wildman–Crippen LogP) is 3.61.